The molecule has 4 heteroatoms. The molecule has 0 fully saturated rings. The average molecular weight is 276 g/mol. The van der Waals surface area contributed by atoms with Crippen LogP contribution in [0.3, 0.4) is 0 Å². The molecule has 0 saturated heterocycles. The Hall–Kier alpha value is -0.160. The van der Waals surface area contributed by atoms with Crippen molar-refractivity contribution in [2.45, 2.75) is 6.54 Å². The van der Waals surface area contributed by atoms with Crippen molar-refractivity contribution in [2.75, 3.05) is 19.7 Å². The molecule has 1 rings (SSSR count). The maximum absolute atomic E-state index is 8.86. The van der Waals surface area contributed by atoms with E-state index in [1.165, 1.54) is 4.88 Å². The maximum atomic E-state index is 8.86. The van der Waals surface area contributed by atoms with Crippen LogP contribution in [0.4, 0.5) is 0 Å². The molecule has 0 amide bonds. The number of thiophene rings is 1. The van der Waals surface area contributed by atoms with Gasteiger partial charge < -0.3 is 5.11 Å². The number of hydrogen-bond donors (Lipinski definition) is 1. The lowest BCUT2D eigenvalue weighted by molar-refractivity contribution is 0.204. The van der Waals surface area contributed by atoms with Crippen LogP contribution < -0.4 is 0 Å². The number of hydrogen-bond acceptors (Lipinski definition) is 3. The summed E-state index contributed by atoms with van der Waals surface area (Å²) in [6.45, 7) is 6.28. The molecule has 14 heavy (non-hydrogen) atoms. The maximum Gasteiger partial charge on any atom is 0.0701 e. The van der Waals surface area contributed by atoms with Crippen LogP contribution in [0.5, 0.6) is 0 Å². The SMILES string of the molecule is C=CCN(CCO)Cc1ccc(Br)s1. The molecule has 0 aromatic carbocycles. The summed E-state index contributed by atoms with van der Waals surface area (Å²) in [5.41, 5.74) is 0. The van der Waals surface area contributed by atoms with E-state index in [-0.39, 0.29) is 6.61 Å². The van der Waals surface area contributed by atoms with E-state index in [2.05, 4.69) is 33.5 Å². The van der Waals surface area contributed by atoms with E-state index in [0.717, 1.165) is 16.9 Å². The molecular formula is C10H14BrNOS. The van der Waals surface area contributed by atoms with Gasteiger partial charge in [-0.25, -0.2) is 0 Å². The number of rotatable bonds is 6. The molecule has 0 spiro atoms. The lowest BCUT2D eigenvalue weighted by Crippen LogP contribution is -2.26. The van der Waals surface area contributed by atoms with Crippen molar-refractivity contribution in [3.05, 3.63) is 33.5 Å². The summed E-state index contributed by atoms with van der Waals surface area (Å²) < 4.78 is 1.15. The van der Waals surface area contributed by atoms with E-state index >= 15 is 0 Å². The van der Waals surface area contributed by atoms with Crippen LogP contribution in [0.15, 0.2) is 28.6 Å². The Morgan fingerprint density at radius 3 is 2.86 bits per heavy atom. The van der Waals surface area contributed by atoms with Crippen molar-refractivity contribution < 1.29 is 5.11 Å². The van der Waals surface area contributed by atoms with Gasteiger partial charge >= 0.3 is 0 Å². The van der Waals surface area contributed by atoms with E-state index in [1.54, 1.807) is 11.3 Å². The second-order valence-corrected chi connectivity index (χ2v) is 5.50. The molecule has 1 aromatic rings. The van der Waals surface area contributed by atoms with Crippen LogP contribution in [0.25, 0.3) is 0 Å². The van der Waals surface area contributed by atoms with Crippen LogP contribution >= 0.6 is 27.3 Å². The number of aliphatic hydroxyl groups is 1. The Labute approximate surface area is 97.0 Å². The minimum Gasteiger partial charge on any atom is -0.395 e. The molecule has 0 aliphatic rings. The highest BCUT2D eigenvalue weighted by atomic mass is 79.9. The molecule has 78 valence electrons. The van der Waals surface area contributed by atoms with Gasteiger partial charge in [0.1, 0.15) is 0 Å². The Balaban J connectivity index is 2.49. The molecule has 0 atom stereocenters. The van der Waals surface area contributed by atoms with Gasteiger partial charge in [-0.3, -0.25) is 4.90 Å². The molecule has 0 unspecified atom stereocenters. The zero-order valence-electron chi connectivity index (χ0n) is 7.95. The topological polar surface area (TPSA) is 23.5 Å². The minimum atomic E-state index is 0.195. The van der Waals surface area contributed by atoms with Gasteiger partial charge in [0.05, 0.1) is 10.4 Å². The van der Waals surface area contributed by atoms with E-state index in [1.807, 2.05) is 12.1 Å². The number of halogens is 1. The molecule has 1 N–H and O–H groups in total. The van der Waals surface area contributed by atoms with Gasteiger partial charge in [-0.15, -0.1) is 17.9 Å². The third kappa shape index (κ3) is 3.92. The van der Waals surface area contributed by atoms with Crippen LogP contribution in [0, 0.1) is 0 Å². The normalized spacial score (nSPS) is 10.8. The fraction of sp³-hybridized carbons (Fsp3) is 0.400. The summed E-state index contributed by atoms with van der Waals surface area (Å²) in [6.07, 6.45) is 1.86. The third-order valence-corrected chi connectivity index (χ3v) is 3.42. The molecule has 0 aliphatic heterocycles. The minimum absolute atomic E-state index is 0.195. The van der Waals surface area contributed by atoms with Gasteiger partial charge in [-0.05, 0) is 28.1 Å². The van der Waals surface area contributed by atoms with Gasteiger partial charge in [0.25, 0.3) is 0 Å². The van der Waals surface area contributed by atoms with Gasteiger partial charge in [-0.2, -0.15) is 0 Å². The third-order valence-electron chi connectivity index (χ3n) is 1.81. The number of aliphatic hydroxyl groups excluding tert-OH is 1. The van der Waals surface area contributed by atoms with E-state index < -0.39 is 0 Å². The summed E-state index contributed by atoms with van der Waals surface area (Å²) >= 11 is 5.16. The molecule has 1 aromatic heterocycles. The van der Waals surface area contributed by atoms with Crippen molar-refractivity contribution >= 4 is 27.3 Å². The lowest BCUT2D eigenvalue weighted by Gasteiger charge is -2.17. The Kier molecular flexibility index (Phi) is 5.40. The number of nitrogens with zero attached hydrogens (tertiary/aromatic N) is 1. The predicted molar refractivity (Wildman–Crippen MR) is 64.6 cm³/mol. The highest BCUT2D eigenvalue weighted by molar-refractivity contribution is 9.11. The van der Waals surface area contributed by atoms with Crippen molar-refractivity contribution in [1.29, 1.82) is 0 Å². The first-order valence-corrected chi connectivity index (χ1v) is 6.05. The Morgan fingerprint density at radius 1 is 1.57 bits per heavy atom. The van der Waals surface area contributed by atoms with E-state index in [9.17, 15) is 0 Å². The van der Waals surface area contributed by atoms with Crippen molar-refractivity contribution in [2.24, 2.45) is 0 Å². The van der Waals surface area contributed by atoms with Crippen molar-refractivity contribution in [1.82, 2.24) is 4.90 Å². The molecular weight excluding hydrogens is 262 g/mol. The van der Waals surface area contributed by atoms with E-state index in [4.69, 9.17) is 5.11 Å². The van der Waals surface area contributed by atoms with E-state index in [0.29, 0.717) is 6.54 Å². The second-order valence-electron chi connectivity index (χ2n) is 2.95. The predicted octanol–water partition coefficient (Wildman–Crippen LogP) is 2.49. The summed E-state index contributed by atoms with van der Waals surface area (Å²) in [6, 6.07) is 4.15. The average Bonchev–Trinajstić information content (AvgIpc) is 2.52. The monoisotopic (exact) mass is 275 g/mol. The van der Waals surface area contributed by atoms with Crippen LogP contribution in [0.1, 0.15) is 4.88 Å². The summed E-state index contributed by atoms with van der Waals surface area (Å²) in [7, 11) is 0. The Morgan fingerprint density at radius 2 is 2.36 bits per heavy atom. The largest absolute Gasteiger partial charge is 0.395 e. The summed E-state index contributed by atoms with van der Waals surface area (Å²) in [4.78, 5) is 3.46. The van der Waals surface area contributed by atoms with Crippen LogP contribution in [-0.4, -0.2) is 29.7 Å². The summed E-state index contributed by atoms with van der Waals surface area (Å²) in [5.74, 6) is 0. The molecule has 0 bridgehead atoms. The van der Waals surface area contributed by atoms with Crippen molar-refractivity contribution in [3.8, 4) is 0 Å². The highest BCUT2D eigenvalue weighted by Gasteiger charge is 2.05. The van der Waals surface area contributed by atoms with Gasteiger partial charge in [0.15, 0.2) is 0 Å². The van der Waals surface area contributed by atoms with Crippen LogP contribution in [-0.2, 0) is 6.54 Å². The smallest absolute Gasteiger partial charge is 0.0701 e. The summed E-state index contributed by atoms with van der Waals surface area (Å²) in [5, 5.41) is 8.86. The molecule has 0 aliphatic carbocycles. The molecule has 1 heterocycles. The van der Waals surface area contributed by atoms with Crippen LogP contribution in [0.2, 0.25) is 0 Å². The van der Waals surface area contributed by atoms with Gasteiger partial charge in [0.2, 0.25) is 0 Å². The first kappa shape index (κ1) is 11.9. The second kappa shape index (κ2) is 6.35. The fourth-order valence-electron chi connectivity index (χ4n) is 1.22. The molecule has 0 saturated carbocycles. The zero-order valence-corrected chi connectivity index (χ0v) is 10.4. The van der Waals surface area contributed by atoms with Gasteiger partial charge in [-0.1, -0.05) is 6.08 Å². The van der Waals surface area contributed by atoms with Crippen molar-refractivity contribution in [3.63, 3.8) is 0 Å². The highest BCUT2D eigenvalue weighted by Crippen LogP contribution is 2.23. The fourth-order valence-corrected chi connectivity index (χ4v) is 2.74. The zero-order chi connectivity index (χ0) is 10.4. The molecule has 2 nitrogen and oxygen atoms in total. The first-order chi connectivity index (χ1) is 6.76. The quantitative estimate of drug-likeness (QED) is 0.807. The standard InChI is InChI=1S/C10H14BrNOS/c1-2-5-12(6-7-13)8-9-3-4-10(11)14-9/h2-4,13H,1,5-8H2. The Bertz CT molecular complexity index is 287. The first-order valence-electron chi connectivity index (χ1n) is 4.44. The lowest BCUT2D eigenvalue weighted by atomic mass is 10.4. The van der Waals surface area contributed by atoms with Gasteiger partial charge in [0, 0.05) is 24.5 Å². The molecule has 0 radical (unpaired) electrons.